The van der Waals surface area contributed by atoms with Crippen LogP contribution in [-0.2, 0) is 19.5 Å². The Morgan fingerprint density at radius 2 is 1.86 bits per heavy atom. The van der Waals surface area contributed by atoms with Crippen molar-refractivity contribution in [3.05, 3.63) is 63.5 Å². The van der Waals surface area contributed by atoms with Gasteiger partial charge in [-0.2, -0.15) is 0 Å². The van der Waals surface area contributed by atoms with Crippen molar-refractivity contribution >= 4 is 0 Å². The molecule has 8 heteroatoms. The second kappa shape index (κ2) is 8.00. The predicted octanol–water partition coefficient (Wildman–Crippen LogP) is 2.11. The molecule has 1 aromatic carbocycles. The molecule has 3 aromatic rings. The number of fused-ring (bicyclic) bond motifs is 1. The van der Waals surface area contributed by atoms with Gasteiger partial charge in [-0.1, -0.05) is 0 Å². The molecule has 4 rings (SSSR count). The Kier molecular flexibility index (Phi) is 5.26. The van der Waals surface area contributed by atoms with E-state index >= 15 is 0 Å². The number of nitrogens with one attached hydrogen (secondary N) is 1. The van der Waals surface area contributed by atoms with Crippen LogP contribution in [0.3, 0.4) is 0 Å². The lowest BCUT2D eigenvalue weighted by Gasteiger charge is -2.28. The zero-order valence-corrected chi connectivity index (χ0v) is 16.7. The lowest BCUT2D eigenvalue weighted by Crippen LogP contribution is -2.35. The van der Waals surface area contributed by atoms with Crippen LogP contribution in [0.5, 0.6) is 11.5 Å². The highest BCUT2D eigenvalue weighted by Crippen LogP contribution is 2.25. The molecular weight excluding hydrogens is 370 g/mol. The first-order valence-electron chi connectivity index (χ1n) is 9.41. The van der Waals surface area contributed by atoms with Crippen molar-refractivity contribution in [1.29, 1.82) is 0 Å². The van der Waals surface area contributed by atoms with Gasteiger partial charge in [0.25, 0.3) is 5.56 Å². The maximum absolute atomic E-state index is 12.6. The van der Waals surface area contributed by atoms with Gasteiger partial charge in [-0.05, 0) is 31.0 Å². The number of hydrogen-bond acceptors (Lipinski definition) is 7. The first-order valence-corrected chi connectivity index (χ1v) is 9.41. The Morgan fingerprint density at radius 1 is 1.10 bits per heavy atom. The minimum absolute atomic E-state index is 0.102. The number of ether oxygens (including phenoxy) is 2. The summed E-state index contributed by atoms with van der Waals surface area (Å²) >= 11 is 0. The maximum Gasteiger partial charge on any atom is 0.254 e. The van der Waals surface area contributed by atoms with Crippen molar-refractivity contribution in [2.45, 2.75) is 26.4 Å². The molecule has 0 spiro atoms. The number of benzene rings is 1. The van der Waals surface area contributed by atoms with Gasteiger partial charge < -0.3 is 14.5 Å². The van der Waals surface area contributed by atoms with Crippen LogP contribution < -0.4 is 15.0 Å². The van der Waals surface area contributed by atoms with Crippen LogP contribution in [0.1, 0.15) is 22.5 Å². The third-order valence-electron chi connectivity index (χ3n) is 4.99. The molecule has 0 fully saturated rings. The molecule has 0 bridgehead atoms. The van der Waals surface area contributed by atoms with E-state index in [9.17, 15) is 4.79 Å². The van der Waals surface area contributed by atoms with E-state index in [-0.39, 0.29) is 5.56 Å². The Balaban J connectivity index is 1.59. The molecule has 1 N–H and O–H groups in total. The maximum atomic E-state index is 12.6. The van der Waals surface area contributed by atoms with Gasteiger partial charge in [-0.25, -0.2) is 9.97 Å². The van der Waals surface area contributed by atoms with Gasteiger partial charge in [-0.15, -0.1) is 0 Å². The van der Waals surface area contributed by atoms with Crippen LogP contribution in [0.2, 0.25) is 0 Å². The van der Waals surface area contributed by atoms with Crippen molar-refractivity contribution in [2.75, 3.05) is 20.8 Å². The third kappa shape index (κ3) is 4.12. The zero-order valence-electron chi connectivity index (χ0n) is 16.7. The fraction of sp³-hybridized carbons (Fsp3) is 0.333. The molecule has 29 heavy (non-hydrogen) atoms. The number of rotatable bonds is 5. The molecule has 0 aliphatic carbocycles. The Hall–Kier alpha value is -3.26. The third-order valence-corrected chi connectivity index (χ3v) is 4.99. The van der Waals surface area contributed by atoms with Gasteiger partial charge >= 0.3 is 0 Å². The average molecular weight is 393 g/mol. The Labute approximate surface area is 168 Å². The molecule has 1 aliphatic rings. The Morgan fingerprint density at radius 3 is 2.52 bits per heavy atom. The summed E-state index contributed by atoms with van der Waals surface area (Å²) in [5.74, 6) is 1.96. The van der Waals surface area contributed by atoms with Gasteiger partial charge in [0.2, 0.25) is 0 Å². The average Bonchev–Trinajstić information content (AvgIpc) is 2.73. The summed E-state index contributed by atoms with van der Waals surface area (Å²) in [5.41, 5.74) is 3.88. The SMILES string of the molecule is COc1cc(CN2CCc3c(nc(-c4cnc(C)cn4)[nH]c3=O)C2)cc(OC)c1. The van der Waals surface area contributed by atoms with E-state index in [2.05, 4.69) is 24.8 Å². The van der Waals surface area contributed by atoms with Crippen molar-refractivity contribution in [2.24, 2.45) is 0 Å². The first kappa shape index (κ1) is 19.1. The molecule has 0 amide bonds. The van der Waals surface area contributed by atoms with Crippen molar-refractivity contribution in [3.63, 3.8) is 0 Å². The summed E-state index contributed by atoms with van der Waals surface area (Å²) in [7, 11) is 3.28. The van der Waals surface area contributed by atoms with E-state index in [1.54, 1.807) is 26.6 Å². The summed E-state index contributed by atoms with van der Waals surface area (Å²) in [4.78, 5) is 30.9. The number of H-pyrrole nitrogens is 1. The zero-order chi connectivity index (χ0) is 20.4. The van der Waals surface area contributed by atoms with Gasteiger partial charge in [0.15, 0.2) is 5.82 Å². The summed E-state index contributed by atoms with van der Waals surface area (Å²) in [5, 5.41) is 0. The van der Waals surface area contributed by atoms with Crippen LogP contribution in [0.4, 0.5) is 0 Å². The fourth-order valence-corrected chi connectivity index (χ4v) is 3.48. The summed E-state index contributed by atoms with van der Waals surface area (Å²) < 4.78 is 10.7. The van der Waals surface area contributed by atoms with Gasteiger partial charge in [0.1, 0.15) is 17.2 Å². The van der Waals surface area contributed by atoms with Gasteiger partial charge in [-0.3, -0.25) is 14.7 Å². The van der Waals surface area contributed by atoms with Crippen LogP contribution in [0.15, 0.2) is 35.4 Å². The molecule has 0 radical (unpaired) electrons. The molecular formula is C21H23N5O3. The number of methoxy groups -OCH3 is 2. The van der Waals surface area contributed by atoms with E-state index < -0.39 is 0 Å². The van der Waals surface area contributed by atoms with Crippen LogP contribution in [0.25, 0.3) is 11.5 Å². The van der Waals surface area contributed by atoms with E-state index in [4.69, 9.17) is 9.47 Å². The highest BCUT2D eigenvalue weighted by molar-refractivity contribution is 5.48. The van der Waals surface area contributed by atoms with Crippen molar-refractivity contribution in [3.8, 4) is 23.0 Å². The molecule has 8 nitrogen and oxygen atoms in total. The predicted molar refractivity (Wildman–Crippen MR) is 108 cm³/mol. The topological polar surface area (TPSA) is 93.2 Å². The van der Waals surface area contributed by atoms with Crippen molar-refractivity contribution < 1.29 is 9.47 Å². The minimum Gasteiger partial charge on any atom is -0.497 e. The second-order valence-electron chi connectivity index (χ2n) is 7.06. The number of aryl methyl sites for hydroxylation is 1. The van der Waals surface area contributed by atoms with E-state index in [1.165, 1.54) is 0 Å². The lowest BCUT2D eigenvalue weighted by molar-refractivity contribution is 0.240. The standard InChI is InChI=1S/C21H23N5O3/c1-13-9-23-18(10-22-13)20-24-19-12-26(5-4-17(19)21(27)25-20)11-14-6-15(28-2)8-16(7-14)29-3/h6-10H,4-5,11-12H2,1-3H3,(H,24,25,27). The lowest BCUT2D eigenvalue weighted by atomic mass is 10.1. The number of aromatic amines is 1. The van der Waals surface area contributed by atoms with Gasteiger partial charge in [0, 0.05) is 37.5 Å². The molecule has 2 aromatic heterocycles. The minimum atomic E-state index is -0.102. The highest BCUT2D eigenvalue weighted by atomic mass is 16.5. The summed E-state index contributed by atoms with van der Waals surface area (Å²) in [6, 6.07) is 5.85. The number of aromatic nitrogens is 4. The summed E-state index contributed by atoms with van der Waals surface area (Å²) in [6.45, 7) is 3.94. The second-order valence-corrected chi connectivity index (χ2v) is 7.06. The van der Waals surface area contributed by atoms with E-state index in [0.717, 1.165) is 40.6 Å². The van der Waals surface area contributed by atoms with Crippen molar-refractivity contribution in [1.82, 2.24) is 24.8 Å². The highest BCUT2D eigenvalue weighted by Gasteiger charge is 2.22. The normalized spacial score (nSPS) is 13.8. The number of nitrogens with zero attached hydrogens (tertiary/aromatic N) is 4. The van der Waals surface area contributed by atoms with E-state index in [1.807, 2.05) is 25.1 Å². The quantitative estimate of drug-likeness (QED) is 0.710. The number of hydrogen-bond donors (Lipinski definition) is 1. The van der Waals surface area contributed by atoms with Crippen LogP contribution in [-0.4, -0.2) is 45.6 Å². The van der Waals surface area contributed by atoms with Crippen LogP contribution in [0, 0.1) is 6.92 Å². The molecule has 0 atom stereocenters. The molecule has 1 aliphatic heterocycles. The van der Waals surface area contributed by atoms with Crippen LogP contribution >= 0.6 is 0 Å². The molecule has 0 unspecified atom stereocenters. The summed E-state index contributed by atoms with van der Waals surface area (Å²) in [6.07, 6.45) is 3.94. The van der Waals surface area contributed by atoms with E-state index in [0.29, 0.717) is 31.0 Å². The molecule has 3 heterocycles. The molecule has 150 valence electrons. The largest absolute Gasteiger partial charge is 0.497 e. The molecule has 0 saturated heterocycles. The Bertz CT molecular complexity index is 1060. The monoisotopic (exact) mass is 393 g/mol. The first-order chi connectivity index (χ1) is 14.1. The smallest absolute Gasteiger partial charge is 0.254 e. The molecule has 0 saturated carbocycles. The fourth-order valence-electron chi connectivity index (χ4n) is 3.48. The van der Waals surface area contributed by atoms with Gasteiger partial charge in [0.05, 0.1) is 31.8 Å².